The van der Waals surface area contributed by atoms with Gasteiger partial charge in [0.05, 0.1) is 23.4 Å². The van der Waals surface area contributed by atoms with E-state index in [9.17, 15) is 0 Å². The van der Waals surface area contributed by atoms with Gasteiger partial charge in [-0.1, -0.05) is 6.07 Å². The van der Waals surface area contributed by atoms with Crippen LogP contribution in [0.5, 0.6) is 0 Å². The summed E-state index contributed by atoms with van der Waals surface area (Å²) in [6, 6.07) is 8.36. The van der Waals surface area contributed by atoms with E-state index in [0.717, 1.165) is 16.6 Å². The van der Waals surface area contributed by atoms with Gasteiger partial charge in [0, 0.05) is 18.9 Å². The Morgan fingerprint density at radius 3 is 2.75 bits per heavy atom. The van der Waals surface area contributed by atoms with Crippen LogP contribution in [0, 0.1) is 13.8 Å². The molecule has 4 nitrogen and oxygen atoms in total. The molecule has 0 aliphatic heterocycles. The van der Waals surface area contributed by atoms with Gasteiger partial charge in [0.15, 0.2) is 0 Å². The maximum Gasteiger partial charge on any atom is 0.0964 e. The Morgan fingerprint density at radius 2 is 2.05 bits per heavy atom. The average Bonchev–Trinajstić information content (AvgIpc) is 2.85. The number of benzene rings is 1. The Balaban J connectivity index is 2.15. The highest BCUT2D eigenvalue weighted by Gasteiger charge is 2.15. The Labute approximate surface area is 118 Å². The fourth-order valence-corrected chi connectivity index (χ4v) is 2.51. The predicted molar refractivity (Wildman–Crippen MR) is 80.6 cm³/mol. The highest BCUT2D eigenvalue weighted by Crippen LogP contribution is 2.24. The minimum Gasteiger partial charge on any atom is -0.328 e. The van der Waals surface area contributed by atoms with E-state index in [0.29, 0.717) is 6.54 Å². The minimum atomic E-state index is 0.0656. The molecule has 0 radical (unpaired) electrons. The summed E-state index contributed by atoms with van der Waals surface area (Å²) in [5.41, 5.74) is 11.7. The lowest BCUT2D eigenvalue weighted by Gasteiger charge is -2.18. The number of aromatic nitrogens is 3. The first-order valence-corrected chi connectivity index (χ1v) is 6.74. The first-order chi connectivity index (χ1) is 9.70. The number of imidazole rings is 1. The maximum atomic E-state index is 5.98. The first kappa shape index (κ1) is 12.8. The summed E-state index contributed by atoms with van der Waals surface area (Å²) in [7, 11) is 0. The normalized spacial score (nSPS) is 12.8. The third-order valence-corrected chi connectivity index (χ3v) is 3.82. The molecule has 0 aliphatic carbocycles. The van der Waals surface area contributed by atoms with E-state index in [2.05, 4.69) is 46.6 Å². The molecule has 0 amide bonds. The van der Waals surface area contributed by atoms with Crippen molar-refractivity contribution in [1.29, 1.82) is 0 Å². The summed E-state index contributed by atoms with van der Waals surface area (Å²) in [5.74, 6) is 0. The van der Waals surface area contributed by atoms with Crippen LogP contribution >= 0.6 is 0 Å². The molecule has 0 saturated heterocycles. The first-order valence-electron chi connectivity index (χ1n) is 6.74. The van der Waals surface area contributed by atoms with Gasteiger partial charge in [-0.25, -0.2) is 4.98 Å². The molecule has 2 heterocycles. The van der Waals surface area contributed by atoms with Gasteiger partial charge in [-0.15, -0.1) is 0 Å². The van der Waals surface area contributed by atoms with Gasteiger partial charge < -0.3 is 10.3 Å². The molecular formula is C16H18N4. The zero-order valence-corrected chi connectivity index (χ0v) is 11.7. The Morgan fingerprint density at radius 1 is 1.25 bits per heavy atom. The van der Waals surface area contributed by atoms with Gasteiger partial charge in [-0.05, 0) is 48.7 Å². The van der Waals surface area contributed by atoms with Crippen molar-refractivity contribution in [3.8, 4) is 0 Å². The number of fused-ring (bicyclic) bond motifs is 1. The number of pyridine rings is 1. The maximum absolute atomic E-state index is 5.98. The monoisotopic (exact) mass is 266 g/mol. The molecule has 0 spiro atoms. The molecule has 1 atom stereocenters. The van der Waals surface area contributed by atoms with Crippen LogP contribution in [-0.2, 0) is 0 Å². The molecule has 0 saturated carbocycles. The van der Waals surface area contributed by atoms with E-state index in [-0.39, 0.29) is 6.04 Å². The predicted octanol–water partition coefficient (Wildman–Crippen LogP) is 2.60. The highest BCUT2D eigenvalue weighted by atomic mass is 15.1. The van der Waals surface area contributed by atoms with E-state index in [4.69, 9.17) is 5.73 Å². The number of nitrogens with zero attached hydrogens (tertiary/aromatic N) is 3. The summed E-state index contributed by atoms with van der Waals surface area (Å²) in [6.07, 6.45) is 5.51. The van der Waals surface area contributed by atoms with Crippen LogP contribution < -0.4 is 5.73 Å². The quantitative estimate of drug-likeness (QED) is 0.792. The van der Waals surface area contributed by atoms with Crippen LogP contribution in [0.4, 0.5) is 0 Å². The zero-order chi connectivity index (χ0) is 14.1. The lowest BCUT2D eigenvalue weighted by Crippen LogP contribution is -2.20. The van der Waals surface area contributed by atoms with Crippen molar-refractivity contribution in [3.63, 3.8) is 0 Å². The van der Waals surface area contributed by atoms with Crippen LogP contribution in [0.2, 0.25) is 0 Å². The lowest BCUT2D eigenvalue weighted by atomic mass is 10.1. The second-order valence-corrected chi connectivity index (χ2v) is 5.11. The van der Waals surface area contributed by atoms with E-state index >= 15 is 0 Å². The van der Waals surface area contributed by atoms with Crippen LogP contribution in [0.25, 0.3) is 11.0 Å². The number of hydrogen-bond acceptors (Lipinski definition) is 3. The molecule has 0 bridgehead atoms. The van der Waals surface area contributed by atoms with E-state index in [1.807, 2.05) is 18.6 Å². The molecule has 102 valence electrons. The van der Waals surface area contributed by atoms with Crippen LogP contribution in [0.1, 0.15) is 22.7 Å². The molecular weight excluding hydrogens is 248 g/mol. The number of rotatable bonds is 3. The van der Waals surface area contributed by atoms with Gasteiger partial charge >= 0.3 is 0 Å². The molecule has 4 heteroatoms. The van der Waals surface area contributed by atoms with Crippen molar-refractivity contribution in [2.45, 2.75) is 19.9 Å². The summed E-state index contributed by atoms with van der Waals surface area (Å²) in [5, 5.41) is 0. The molecule has 0 aliphatic rings. The molecule has 2 aromatic heterocycles. The highest BCUT2D eigenvalue weighted by molar-refractivity contribution is 5.77. The fraction of sp³-hybridized carbons (Fsp3) is 0.250. The van der Waals surface area contributed by atoms with Crippen molar-refractivity contribution in [2.75, 3.05) is 6.54 Å². The summed E-state index contributed by atoms with van der Waals surface area (Å²) >= 11 is 0. The molecule has 20 heavy (non-hydrogen) atoms. The van der Waals surface area contributed by atoms with E-state index in [1.54, 1.807) is 6.20 Å². The summed E-state index contributed by atoms with van der Waals surface area (Å²) in [4.78, 5) is 8.69. The standard InChI is InChI=1S/C16H18N4/c1-11-6-14-15(7-12(11)2)20(10-19-14)16(8-17)13-4-3-5-18-9-13/h3-7,9-10,16H,8,17H2,1-2H3. The van der Waals surface area contributed by atoms with Gasteiger partial charge in [-0.2, -0.15) is 0 Å². The van der Waals surface area contributed by atoms with Crippen molar-refractivity contribution >= 4 is 11.0 Å². The van der Waals surface area contributed by atoms with Crippen molar-refractivity contribution in [3.05, 3.63) is 59.7 Å². The second kappa shape index (κ2) is 5.06. The molecule has 1 unspecified atom stereocenters. The third kappa shape index (κ3) is 2.08. The summed E-state index contributed by atoms with van der Waals surface area (Å²) < 4.78 is 2.14. The molecule has 3 aromatic rings. The number of nitrogens with two attached hydrogens (primary N) is 1. The number of aryl methyl sites for hydroxylation is 2. The van der Waals surface area contributed by atoms with Crippen molar-refractivity contribution < 1.29 is 0 Å². The van der Waals surface area contributed by atoms with Crippen LogP contribution in [0.15, 0.2) is 43.0 Å². The van der Waals surface area contributed by atoms with Gasteiger partial charge in [0.1, 0.15) is 0 Å². The summed E-state index contributed by atoms with van der Waals surface area (Å²) in [6.45, 7) is 4.74. The van der Waals surface area contributed by atoms with Crippen molar-refractivity contribution in [1.82, 2.24) is 14.5 Å². The SMILES string of the molecule is Cc1cc2ncn(C(CN)c3cccnc3)c2cc1C. The lowest BCUT2D eigenvalue weighted by molar-refractivity contribution is 0.608. The number of hydrogen-bond donors (Lipinski definition) is 1. The second-order valence-electron chi connectivity index (χ2n) is 5.11. The Kier molecular flexibility index (Phi) is 3.24. The smallest absolute Gasteiger partial charge is 0.0964 e. The topological polar surface area (TPSA) is 56.7 Å². The van der Waals surface area contributed by atoms with E-state index < -0.39 is 0 Å². The van der Waals surface area contributed by atoms with E-state index in [1.165, 1.54) is 11.1 Å². The molecule has 3 rings (SSSR count). The van der Waals surface area contributed by atoms with Gasteiger partial charge in [0.25, 0.3) is 0 Å². The zero-order valence-electron chi connectivity index (χ0n) is 11.7. The Bertz CT molecular complexity index is 731. The molecule has 2 N–H and O–H groups in total. The van der Waals surface area contributed by atoms with Crippen LogP contribution in [-0.4, -0.2) is 21.1 Å². The fourth-order valence-electron chi connectivity index (χ4n) is 2.51. The molecule has 1 aromatic carbocycles. The minimum absolute atomic E-state index is 0.0656. The van der Waals surface area contributed by atoms with Crippen LogP contribution in [0.3, 0.4) is 0 Å². The average molecular weight is 266 g/mol. The van der Waals surface area contributed by atoms with Gasteiger partial charge in [0.2, 0.25) is 0 Å². The largest absolute Gasteiger partial charge is 0.328 e. The van der Waals surface area contributed by atoms with Gasteiger partial charge in [-0.3, -0.25) is 4.98 Å². The van der Waals surface area contributed by atoms with Crippen molar-refractivity contribution in [2.24, 2.45) is 5.73 Å². The Hall–Kier alpha value is -2.20. The molecule has 0 fully saturated rings. The third-order valence-electron chi connectivity index (χ3n) is 3.82.